The second-order valence-corrected chi connectivity index (χ2v) is 7.63. The van der Waals surface area contributed by atoms with Gasteiger partial charge in [0.1, 0.15) is 5.58 Å². The third-order valence-corrected chi connectivity index (χ3v) is 5.59. The zero-order chi connectivity index (χ0) is 18.6. The summed E-state index contributed by atoms with van der Waals surface area (Å²) < 4.78 is 10.8. The molecule has 0 unspecified atom stereocenters. The third-order valence-electron chi connectivity index (χ3n) is 3.87. The standard InChI is InChI=1S/C21H14O4S2/c22-17(19-11-14-5-1-2-7-18(14)25-19)13-24-21(23)16(20-8-4-10-27-20)12-15-6-3-9-26-15/h1-12H,13H2/b16-12+. The van der Waals surface area contributed by atoms with Gasteiger partial charge >= 0.3 is 5.97 Å². The number of thiophene rings is 2. The van der Waals surface area contributed by atoms with Crippen molar-refractivity contribution in [2.24, 2.45) is 0 Å². The number of carbonyl (C=O) groups excluding carboxylic acids is 2. The Labute approximate surface area is 163 Å². The highest BCUT2D eigenvalue weighted by Crippen LogP contribution is 2.26. The molecular weight excluding hydrogens is 380 g/mol. The molecule has 0 amide bonds. The van der Waals surface area contributed by atoms with E-state index in [1.807, 2.05) is 53.2 Å². The van der Waals surface area contributed by atoms with E-state index in [-0.39, 0.29) is 18.2 Å². The van der Waals surface area contributed by atoms with E-state index in [4.69, 9.17) is 9.15 Å². The van der Waals surface area contributed by atoms with Crippen LogP contribution in [0.1, 0.15) is 20.3 Å². The van der Waals surface area contributed by atoms with Gasteiger partial charge in [0, 0.05) is 15.1 Å². The van der Waals surface area contributed by atoms with Gasteiger partial charge in [-0.3, -0.25) is 4.79 Å². The summed E-state index contributed by atoms with van der Waals surface area (Å²) >= 11 is 2.97. The van der Waals surface area contributed by atoms with E-state index in [1.54, 1.807) is 18.2 Å². The Morgan fingerprint density at radius 3 is 2.56 bits per heavy atom. The van der Waals surface area contributed by atoms with Gasteiger partial charge in [-0.25, -0.2) is 4.79 Å². The van der Waals surface area contributed by atoms with Crippen LogP contribution >= 0.6 is 22.7 Å². The first-order valence-corrected chi connectivity index (χ1v) is 9.94. The van der Waals surface area contributed by atoms with E-state index in [0.29, 0.717) is 11.2 Å². The van der Waals surface area contributed by atoms with Crippen molar-refractivity contribution in [1.29, 1.82) is 0 Å². The Bertz CT molecular complexity index is 1070. The van der Waals surface area contributed by atoms with Gasteiger partial charge in [-0.1, -0.05) is 30.3 Å². The summed E-state index contributed by atoms with van der Waals surface area (Å²) in [5, 5.41) is 4.67. The Kier molecular flexibility index (Phi) is 5.00. The minimum Gasteiger partial charge on any atom is -0.454 e. The quantitative estimate of drug-likeness (QED) is 0.245. The lowest BCUT2D eigenvalue weighted by Gasteiger charge is -2.06. The summed E-state index contributed by atoms with van der Waals surface area (Å²) in [6.45, 7) is -0.369. The molecule has 27 heavy (non-hydrogen) atoms. The molecule has 4 aromatic rings. The summed E-state index contributed by atoms with van der Waals surface area (Å²) in [6, 6.07) is 16.6. The monoisotopic (exact) mass is 394 g/mol. The molecule has 0 aliphatic carbocycles. The normalized spacial score (nSPS) is 11.6. The molecule has 1 aromatic carbocycles. The van der Waals surface area contributed by atoms with Crippen molar-refractivity contribution < 1.29 is 18.7 Å². The fourth-order valence-corrected chi connectivity index (χ4v) is 3.96. The van der Waals surface area contributed by atoms with E-state index < -0.39 is 5.97 Å². The molecule has 6 heteroatoms. The fraction of sp³-hybridized carbons (Fsp3) is 0.0476. The number of para-hydroxylation sites is 1. The number of furan rings is 1. The number of Topliss-reactive ketones (excluding diaryl/α,β-unsaturated/α-hetero) is 1. The maximum atomic E-state index is 12.6. The maximum absolute atomic E-state index is 12.6. The van der Waals surface area contributed by atoms with Crippen LogP contribution in [0.3, 0.4) is 0 Å². The predicted molar refractivity (Wildman–Crippen MR) is 108 cm³/mol. The molecule has 0 fully saturated rings. The minimum absolute atomic E-state index is 0.184. The molecule has 4 rings (SSSR count). The fourth-order valence-electron chi connectivity index (χ4n) is 2.58. The lowest BCUT2D eigenvalue weighted by Crippen LogP contribution is -2.14. The van der Waals surface area contributed by atoms with E-state index in [2.05, 4.69) is 0 Å². The average molecular weight is 394 g/mol. The number of carbonyl (C=O) groups is 2. The van der Waals surface area contributed by atoms with Gasteiger partial charge in [0.05, 0.1) is 5.57 Å². The Morgan fingerprint density at radius 2 is 1.81 bits per heavy atom. The number of fused-ring (bicyclic) bond motifs is 1. The highest BCUT2D eigenvalue weighted by molar-refractivity contribution is 7.12. The first-order chi connectivity index (χ1) is 13.2. The number of benzene rings is 1. The number of rotatable bonds is 6. The lowest BCUT2D eigenvalue weighted by atomic mass is 10.2. The highest BCUT2D eigenvalue weighted by Gasteiger charge is 2.19. The lowest BCUT2D eigenvalue weighted by molar-refractivity contribution is -0.135. The molecule has 0 N–H and O–H groups in total. The van der Waals surface area contributed by atoms with E-state index >= 15 is 0 Å². The summed E-state index contributed by atoms with van der Waals surface area (Å²) in [4.78, 5) is 26.7. The van der Waals surface area contributed by atoms with Gasteiger partial charge in [0.25, 0.3) is 0 Å². The van der Waals surface area contributed by atoms with Gasteiger partial charge in [0.2, 0.25) is 5.78 Å². The summed E-state index contributed by atoms with van der Waals surface area (Å²) in [6.07, 6.45) is 1.78. The van der Waals surface area contributed by atoms with Crippen LogP contribution in [0.5, 0.6) is 0 Å². The first kappa shape index (κ1) is 17.5. The molecule has 0 aliphatic rings. The van der Waals surface area contributed by atoms with Crippen molar-refractivity contribution in [3.8, 4) is 0 Å². The molecule has 0 saturated carbocycles. The van der Waals surface area contributed by atoms with Gasteiger partial charge < -0.3 is 9.15 Å². The molecule has 3 heterocycles. The zero-order valence-electron chi connectivity index (χ0n) is 14.1. The van der Waals surface area contributed by atoms with Crippen LogP contribution in [0.15, 0.2) is 69.8 Å². The summed E-state index contributed by atoms with van der Waals surface area (Å²) in [5.41, 5.74) is 1.06. The van der Waals surface area contributed by atoms with Crippen molar-refractivity contribution in [2.45, 2.75) is 0 Å². The second-order valence-electron chi connectivity index (χ2n) is 5.70. The van der Waals surface area contributed by atoms with Crippen molar-refractivity contribution in [2.75, 3.05) is 6.61 Å². The van der Waals surface area contributed by atoms with Crippen LogP contribution in [-0.4, -0.2) is 18.4 Å². The molecule has 4 nitrogen and oxygen atoms in total. The number of ether oxygens (including phenoxy) is 1. The maximum Gasteiger partial charge on any atom is 0.340 e. The number of esters is 1. The van der Waals surface area contributed by atoms with Gasteiger partial charge in [-0.15, -0.1) is 22.7 Å². The van der Waals surface area contributed by atoms with Crippen LogP contribution in [0.4, 0.5) is 0 Å². The molecule has 0 aliphatic heterocycles. The summed E-state index contributed by atoms with van der Waals surface area (Å²) in [7, 11) is 0. The van der Waals surface area contributed by atoms with Crippen molar-refractivity contribution in [1.82, 2.24) is 0 Å². The molecule has 0 saturated heterocycles. The second kappa shape index (κ2) is 7.73. The molecule has 134 valence electrons. The van der Waals surface area contributed by atoms with Crippen molar-refractivity contribution in [3.63, 3.8) is 0 Å². The van der Waals surface area contributed by atoms with Gasteiger partial charge in [0.15, 0.2) is 12.4 Å². The largest absolute Gasteiger partial charge is 0.454 e. The molecule has 0 bridgehead atoms. The number of ketones is 1. The van der Waals surface area contributed by atoms with Crippen LogP contribution in [0.2, 0.25) is 0 Å². The average Bonchev–Trinajstić information content (AvgIpc) is 3.44. The van der Waals surface area contributed by atoms with Crippen LogP contribution in [-0.2, 0) is 9.53 Å². The summed E-state index contributed by atoms with van der Waals surface area (Å²) in [5.74, 6) is -0.722. The first-order valence-electron chi connectivity index (χ1n) is 8.19. The molecule has 0 spiro atoms. The smallest absolute Gasteiger partial charge is 0.340 e. The van der Waals surface area contributed by atoms with E-state index in [9.17, 15) is 9.59 Å². The van der Waals surface area contributed by atoms with Gasteiger partial charge in [-0.2, -0.15) is 0 Å². The Hall–Kier alpha value is -2.96. The van der Waals surface area contributed by atoms with Crippen LogP contribution in [0.25, 0.3) is 22.6 Å². The van der Waals surface area contributed by atoms with Gasteiger partial charge in [-0.05, 0) is 41.1 Å². The number of hydrogen-bond donors (Lipinski definition) is 0. The number of hydrogen-bond acceptors (Lipinski definition) is 6. The molecule has 0 radical (unpaired) electrons. The molecular formula is C21H14O4S2. The van der Waals surface area contributed by atoms with Crippen LogP contribution in [0, 0.1) is 0 Å². The highest BCUT2D eigenvalue weighted by atomic mass is 32.1. The predicted octanol–water partition coefficient (Wildman–Crippen LogP) is 5.52. The molecule has 3 aromatic heterocycles. The van der Waals surface area contributed by atoms with E-state index in [1.165, 1.54) is 22.7 Å². The van der Waals surface area contributed by atoms with Crippen molar-refractivity contribution >= 4 is 57.0 Å². The topological polar surface area (TPSA) is 56.5 Å². The minimum atomic E-state index is -0.532. The van der Waals surface area contributed by atoms with Crippen LogP contribution < -0.4 is 0 Å². The van der Waals surface area contributed by atoms with Crippen molar-refractivity contribution in [3.05, 3.63) is 80.9 Å². The Morgan fingerprint density at radius 1 is 1.00 bits per heavy atom. The zero-order valence-corrected chi connectivity index (χ0v) is 15.7. The molecule has 0 atom stereocenters. The Balaban J connectivity index is 1.50. The van der Waals surface area contributed by atoms with E-state index in [0.717, 1.165) is 15.1 Å². The SMILES string of the molecule is O=C(OCC(=O)c1cc2ccccc2o1)/C(=C/c1cccs1)c1cccs1. The third kappa shape index (κ3) is 3.92.